The number of para-hydroxylation sites is 1. The maximum absolute atomic E-state index is 12.0. The van der Waals surface area contributed by atoms with E-state index in [0.717, 1.165) is 11.5 Å². The lowest BCUT2D eigenvalue weighted by atomic mass is 10.1. The number of nitro groups is 1. The first-order valence-corrected chi connectivity index (χ1v) is 8.04. The Morgan fingerprint density at radius 3 is 2.50 bits per heavy atom. The van der Waals surface area contributed by atoms with Crippen molar-refractivity contribution in [2.45, 2.75) is 0 Å². The number of carbonyl (C=O) groups is 1. The van der Waals surface area contributed by atoms with E-state index in [1.54, 1.807) is 30.3 Å². The van der Waals surface area contributed by atoms with Gasteiger partial charge in [-0.15, -0.1) is 0 Å². The van der Waals surface area contributed by atoms with Crippen molar-refractivity contribution in [2.24, 2.45) is 0 Å². The number of carbonyl (C=O) groups excluding carboxylic acids is 1. The third-order valence-corrected chi connectivity index (χ3v) is 4.09. The van der Waals surface area contributed by atoms with Crippen molar-refractivity contribution in [1.82, 2.24) is 4.37 Å². The van der Waals surface area contributed by atoms with Crippen LogP contribution in [0, 0.1) is 21.4 Å². The van der Waals surface area contributed by atoms with E-state index in [4.69, 9.17) is 4.74 Å². The maximum Gasteiger partial charge on any atom is 0.417 e. The average Bonchev–Trinajstić information content (AvgIpc) is 3.05. The zero-order valence-corrected chi connectivity index (χ0v) is 13.9. The first-order chi connectivity index (χ1) is 12.6. The fourth-order valence-corrected chi connectivity index (χ4v) is 2.87. The Balaban J connectivity index is 1.81. The molecule has 0 spiro atoms. The van der Waals surface area contributed by atoms with Crippen LogP contribution in [0.3, 0.4) is 0 Å². The Kier molecular flexibility index (Phi) is 4.87. The van der Waals surface area contributed by atoms with Gasteiger partial charge in [0.1, 0.15) is 28.1 Å². The van der Waals surface area contributed by atoms with E-state index in [1.807, 2.05) is 6.07 Å². The summed E-state index contributed by atoms with van der Waals surface area (Å²) in [6, 6.07) is 16.1. The highest BCUT2D eigenvalue weighted by molar-refractivity contribution is 7.11. The summed E-state index contributed by atoms with van der Waals surface area (Å²) in [4.78, 5) is 22.2. The van der Waals surface area contributed by atoms with Gasteiger partial charge in [-0.25, -0.2) is 4.79 Å². The summed E-state index contributed by atoms with van der Waals surface area (Å²) >= 11 is 0.927. The molecule has 0 fully saturated rings. The second kappa shape index (κ2) is 7.42. The lowest BCUT2D eigenvalue weighted by Gasteiger charge is -2.04. The number of nitriles is 1. The topological polar surface area (TPSA) is 118 Å². The zero-order valence-electron chi connectivity index (χ0n) is 13.1. The number of anilines is 1. The molecule has 1 aromatic heterocycles. The van der Waals surface area contributed by atoms with Crippen LogP contribution in [-0.4, -0.2) is 15.4 Å². The molecule has 1 heterocycles. The van der Waals surface area contributed by atoms with Crippen molar-refractivity contribution in [3.63, 3.8) is 0 Å². The van der Waals surface area contributed by atoms with Crippen LogP contribution in [0.15, 0.2) is 54.6 Å². The summed E-state index contributed by atoms with van der Waals surface area (Å²) in [5.74, 6) is 0.364. The van der Waals surface area contributed by atoms with Crippen molar-refractivity contribution >= 4 is 28.3 Å². The molecule has 26 heavy (non-hydrogen) atoms. The van der Waals surface area contributed by atoms with Crippen LogP contribution in [0.5, 0.6) is 5.75 Å². The van der Waals surface area contributed by atoms with Gasteiger partial charge in [0.05, 0.1) is 4.92 Å². The van der Waals surface area contributed by atoms with Crippen molar-refractivity contribution in [3.05, 3.63) is 70.3 Å². The van der Waals surface area contributed by atoms with Crippen LogP contribution < -0.4 is 10.1 Å². The van der Waals surface area contributed by atoms with Crippen LogP contribution in [0.1, 0.15) is 5.56 Å². The van der Waals surface area contributed by atoms with E-state index in [-0.39, 0.29) is 16.3 Å². The highest BCUT2D eigenvalue weighted by Crippen LogP contribution is 2.32. The first kappa shape index (κ1) is 17.1. The van der Waals surface area contributed by atoms with Crippen molar-refractivity contribution < 1.29 is 14.5 Å². The molecule has 0 saturated heterocycles. The second-order valence-corrected chi connectivity index (χ2v) is 5.75. The van der Waals surface area contributed by atoms with Gasteiger partial charge in [0.2, 0.25) is 0 Å². The number of benzene rings is 2. The lowest BCUT2D eigenvalue weighted by Crippen LogP contribution is -2.16. The minimum absolute atomic E-state index is 0.0627. The number of nitrogens with one attached hydrogen (secondary N) is 1. The number of ether oxygens (including phenoxy) is 1. The molecule has 1 amide bonds. The predicted octanol–water partition coefficient (Wildman–Crippen LogP) is 4.20. The number of nitrogens with zero attached hydrogens (tertiary/aromatic N) is 3. The van der Waals surface area contributed by atoms with Gasteiger partial charge in [-0.2, -0.15) is 9.64 Å². The quantitative estimate of drug-likeness (QED) is 0.546. The molecule has 8 nitrogen and oxygen atoms in total. The van der Waals surface area contributed by atoms with Gasteiger partial charge >= 0.3 is 6.09 Å². The molecule has 0 atom stereocenters. The lowest BCUT2D eigenvalue weighted by molar-refractivity contribution is -0.384. The van der Waals surface area contributed by atoms with Crippen molar-refractivity contribution in [1.29, 1.82) is 5.26 Å². The fraction of sp³-hybridized carbons (Fsp3) is 0. The van der Waals surface area contributed by atoms with Crippen LogP contribution in [0.2, 0.25) is 0 Å². The molecular formula is C17H10N4O4S. The van der Waals surface area contributed by atoms with Crippen molar-refractivity contribution in [3.8, 4) is 23.1 Å². The molecule has 0 unspecified atom stereocenters. The van der Waals surface area contributed by atoms with Gasteiger partial charge < -0.3 is 4.74 Å². The molecule has 1 N–H and O–H groups in total. The molecule has 0 saturated carbocycles. The van der Waals surface area contributed by atoms with E-state index in [1.165, 1.54) is 24.3 Å². The molecule has 2 aromatic carbocycles. The number of non-ortho nitro benzene ring substituents is 1. The smallest absolute Gasteiger partial charge is 0.410 e. The summed E-state index contributed by atoms with van der Waals surface area (Å²) in [7, 11) is 0. The largest absolute Gasteiger partial charge is 0.417 e. The number of amides is 1. The summed E-state index contributed by atoms with van der Waals surface area (Å²) in [6.07, 6.45) is -0.744. The monoisotopic (exact) mass is 366 g/mol. The van der Waals surface area contributed by atoms with Crippen LogP contribution in [-0.2, 0) is 0 Å². The normalized spacial score (nSPS) is 9.96. The van der Waals surface area contributed by atoms with Gasteiger partial charge in [0.15, 0.2) is 0 Å². The van der Waals surface area contributed by atoms with Gasteiger partial charge in [-0.1, -0.05) is 18.2 Å². The van der Waals surface area contributed by atoms with Gasteiger partial charge in [0.25, 0.3) is 5.69 Å². The van der Waals surface area contributed by atoms with Crippen LogP contribution in [0.25, 0.3) is 11.3 Å². The number of aromatic nitrogens is 1. The third-order valence-electron chi connectivity index (χ3n) is 3.32. The summed E-state index contributed by atoms with van der Waals surface area (Å²) in [6.45, 7) is 0. The molecule has 3 aromatic rings. The van der Waals surface area contributed by atoms with Gasteiger partial charge in [0, 0.05) is 17.7 Å². The van der Waals surface area contributed by atoms with Gasteiger partial charge in [-0.05, 0) is 35.8 Å². The molecule has 0 bridgehead atoms. The van der Waals surface area contributed by atoms with Gasteiger partial charge in [-0.3, -0.25) is 15.4 Å². The van der Waals surface area contributed by atoms with Crippen LogP contribution >= 0.6 is 11.5 Å². The molecule has 0 aliphatic carbocycles. The Labute approximate surface area is 151 Å². The Morgan fingerprint density at radius 1 is 1.19 bits per heavy atom. The zero-order chi connectivity index (χ0) is 18.5. The first-order valence-electron chi connectivity index (χ1n) is 7.27. The Hall–Kier alpha value is -3.77. The molecule has 9 heteroatoms. The molecule has 0 radical (unpaired) electrons. The molecule has 0 aliphatic rings. The minimum atomic E-state index is -0.744. The van der Waals surface area contributed by atoms with Crippen molar-refractivity contribution in [2.75, 3.05) is 5.32 Å². The Bertz CT molecular complexity index is 994. The highest BCUT2D eigenvalue weighted by Gasteiger charge is 2.18. The number of rotatable bonds is 4. The third kappa shape index (κ3) is 3.66. The van der Waals surface area contributed by atoms with E-state index < -0.39 is 11.0 Å². The fourth-order valence-electron chi connectivity index (χ4n) is 2.13. The number of nitro benzene ring substituents is 1. The van der Waals surface area contributed by atoms with E-state index in [2.05, 4.69) is 9.69 Å². The predicted molar refractivity (Wildman–Crippen MR) is 95.0 cm³/mol. The van der Waals surface area contributed by atoms with E-state index in [0.29, 0.717) is 17.0 Å². The highest BCUT2D eigenvalue weighted by atomic mass is 32.1. The molecular weight excluding hydrogens is 356 g/mol. The number of hydrogen-bond donors (Lipinski definition) is 1. The Morgan fingerprint density at radius 2 is 1.88 bits per heavy atom. The summed E-state index contributed by atoms with van der Waals surface area (Å²) < 4.78 is 9.29. The standard InChI is InChI=1S/C17H10N4O4S/c18-10-14-15(11-6-8-12(9-7-11)21(23)24)20-26-16(14)19-17(22)25-13-4-2-1-3-5-13/h1-9H,(H,19,22). The number of hydrogen-bond acceptors (Lipinski definition) is 7. The average molecular weight is 366 g/mol. The van der Waals surface area contributed by atoms with E-state index >= 15 is 0 Å². The second-order valence-electron chi connectivity index (χ2n) is 4.98. The van der Waals surface area contributed by atoms with E-state index in [9.17, 15) is 20.2 Å². The molecule has 3 rings (SSSR count). The SMILES string of the molecule is N#Cc1c(-c2ccc([N+](=O)[O-])cc2)nsc1NC(=O)Oc1ccccc1. The minimum Gasteiger partial charge on any atom is -0.410 e. The molecule has 0 aliphatic heterocycles. The summed E-state index contributed by atoms with van der Waals surface area (Å²) in [5.41, 5.74) is 0.969. The maximum atomic E-state index is 12.0. The van der Waals surface area contributed by atoms with Crippen LogP contribution in [0.4, 0.5) is 15.5 Å². The summed E-state index contributed by atoms with van der Waals surface area (Å²) in [5, 5.41) is 22.9. The molecule has 128 valence electrons.